The van der Waals surface area contributed by atoms with Crippen LogP contribution in [0.4, 0.5) is 0 Å². The monoisotopic (exact) mass is 297 g/mol. The topological polar surface area (TPSA) is 38.2 Å². The summed E-state index contributed by atoms with van der Waals surface area (Å²) in [6, 6.07) is 6.56. The van der Waals surface area contributed by atoms with Crippen molar-refractivity contribution in [2.75, 3.05) is 13.7 Å². The van der Waals surface area contributed by atoms with Crippen LogP contribution >= 0.6 is 0 Å². The zero-order valence-electron chi connectivity index (χ0n) is 13.5. The first-order chi connectivity index (χ1) is 10.7. The normalized spacial score (nSPS) is 18.6. The molecule has 1 saturated heterocycles. The van der Waals surface area contributed by atoms with E-state index in [1.54, 1.807) is 7.11 Å². The molecular weight excluding hydrogens is 274 g/mol. The minimum atomic E-state index is 0.398. The minimum absolute atomic E-state index is 0.398. The van der Waals surface area contributed by atoms with Gasteiger partial charge in [0.25, 0.3) is 0 Å². The smallest absolute Gasteiger partial charge is 0.128 e. The van der Waals surface area contributed by atoms with Gasteiger partial charge in [0, 0.05) is 30.1 Å². The van der Waals surface area contributed by atoms with Crippen molar-refractivity contribution < 1.29 is 4.74 Å². The Kier molecular flexibility index (Phi) is 4.39. The molecule has 4 nitrogen and oxygen atoms in total. The molecular formula is C18H23N3O. The average Bonchev–Trinajstić information content (AvgIpc) is 3.00. The van der Waals surface area contributed by atoms with E-state index in [0.29, 0.717) is 6.04 Å². The van der Waals surface area contributed by atoms with E-state index in [0.717, 1.165) is 41.4 Å². The number of methoxy groups -OCH3 is 1. The Morgan fingerprint density at radius 2 is 2.14 bits per heavy atom. The van der Waals surface area contributed by atoms with E-state index in [1.165, 1.54) is 12.8 Å². The van der Waals surface area contributed by atoms with Gasteiger partial charge in [-0.1, -0.05) is 6.07 Å². The summed E-state index contributed by atoms with van der Waals surface area (Å²) in [5, 5.41) is 0. The summed E-state index contributed by atoms with van der Waals surface area (Å²) in [7, 11) is 1.73. The highest BCUT2D eigenvalue weighted by Crippen LogP contribution is 2.33. The first-order valence-corrected chi connectivity index (χ1v) is 7.84. The largest absolute Gasteiger partial charge is 0.496 e. The van der Waals surface area contributed by atoms with Gasteiger partial charge in [-0.3, -0.25) is 14.9 Å². The summed E-state index contributed by atoms with van der Waals surface area (Å²) in [6.07, 6.45) is 6.17. The molecule has 1 unspecified atom stereocenters. The van der Waals surface area contributed by atoms with Crippen LogP contribution in [-0.2, 0) is 6.54 Å². The molecule has 0 spiro atoms. The maximum atomic E-state index is 5.52. The Labute approximate surface area is 132 Å². The van der Waals surface area contributed by atoms with Crippen LogP contribution in [0.5, 0.6) is 5.75 Å². The fourth-order valence-corrected chi connectivity index (χ4v) is 3.35. The molecule has 0 N–H and O–H groups in total. The van der Waals surface area contributed by atoms with Gasteiger partial charge < -0.3 is 4.74 Å². The lowest BCUT2D eigenvalue weighted by atomic mass is 10.1. The molecule has 1 fully saturated rings. The van der Waals surface area contributed by atoms with Crippen molar-refractivity contribution in [2.45, 2.75) is 39.3 Å². The number of hydrogen-bond acceptors (Lipinski definition) is 4. The third kappa shape index (κ3) is 2.83. The van der Waals surface area contributed by atoms with Crippen molar-refractivity contribution in [2.24, 2.45) is 0 Å². The van der Waals surface area contributed by atoms with Gasteiger partial charge in [-0.15, -0.1) is 0 Å². The SMILES string of the molecule is COc1c(C)cnc(CN2CCCC2c2ccccn2)c1C. The Morgan fingerprint density at radius 1 is 1.27 bits per heavy atom. The molecule has 0 amide bonds. The lowest BCUT2D eigenvalue weighted by Gasteiger charge is -2.24. The number of likely N-dealkylation sites (tertiary alicyclic amines) is 1. The zero-order valence-corrected chi connectivity index (χ0v) is 13.5. The molecule has 3 heterocycles. The van der Waals surface area contributed by atoms with Gasteiger partial charge >= 0.3 is 0 Å². The predicted octanol–water partition coefficient (Wildman–Crippen LogP) is 3.44. The standard InChI is InChI=1S/C18H23N3O/c1-13-11-20-16(14(2)18(13)22-3)12-21-10-6-8-17(21)15-7-4-5-9-19-15/h4-5,7,9,11,17H,6,8,10,12H2,1-3H3. The molecule has 2 aromatic rings. The van der Waals surface area contributed by atoms with Gasteiger partial charge in [0.2, 0.25) is 0 Å². The van der Waals surface area contributed by atoms with Gasteiger partial charge in [-0.05, 0) is 45.4 Å². The fourth-order valence-electron chi connectivity index (χ4n) is 3.35. The fraction of sp³-hybridized carbons (Fsp3) is 0.444. The number of rotatable bonds is 4. The summed E-state index contributed by atoms with van der Waals surface area (Å²) < 4.78 is 5.52. The molecule has 0 aliphatic carbocycles. The molecule has 1 aliphatic rings. The number of aromatic nitrogens is 2. The Hall–Kier alpha value is -1.94. The molecule has 0 aromatic carbocycles. The van der Waals surface area contributed by atoms with Crippen molar-refractivity contribution in [3.05, 3.63) is 53.1 Å². The van der Waals surface area contributed by atoms with Crippen molar-refractivity contribution in [1.29, 1.82) is 0 Å². The molecule has 2 aromatic heterocycles. The predicted molar refractivity (Wildman–Crippen MR) is 86.9 cm³/mol. The summed E-state index contributed by atoms with van der Waals surface area (Å²) in [5.74, 6) is 0.957. The second-order valence-corrected chi connectivity index (χ2v) is 5.93. The first kappa shape index (κ1) is 15.0. The summed E-state index contributed by atoms with van der Waals surface area (Å²) in [4.78, 5) is 11.7. The molecule has 1 atom stereocenters. The Bertz CT molecular complexity index is 642. The van der Waals surface area contributed by atoms with Gasteiger partial charge in [0.1, 0.15) is 5.75 Å². The van der Waals surface area contributed by atoms with E-state index in [4.69, 9.17) is 4.74 Å². The van der Waals surface area contributed by atoms with Crippen LogP contribution in [0.2, 0.25) is 0 Å². The van der Waals surface area contributed by atoms with Gasteiger partial charge in [-0.25, -0.2) is 0 Å². The molecule has 0 saturated carbocycles. The van der Waals surface area contributed by atoms with E-state index in [-0.39, 0.29) is 0 Å². The van der Waals surface area contributed by atoms with Crippen LogP contribution < -0.4 is 4.74 Å². The quantitative estimate of drug-likeness (QED) is 0.866. The maximum Gasteiger partial charge on any atom is 0.128 e. The number of ether oxygens (including phenoxy) is 1. The minimum Gasteiger partial charge on any atom is -0.496 e. The maximum absolute atomic E-state index is 5.52. The van der Waals surface area contributed by atoms with Crippen LogP contribution in [0.1, 0.15) is 41.4 Å². The molecule has 0 radical (unpaired) electrons. The van der Waals surface area contributed by atoms with Crippen LogP contribution in [0.15, 0.2) is 30.6 Å². The Morgan fingerprint density at radius 3 is 2.86 bits per heavy atom. The van der Waals surface area contributed by atoms with Crippen molar-refractivity contribution in [1.82, 2.24) is 14.9 Å². The highest BCUT2D eigenvalue weighted by molar-refractivity contribution is 5.41. The second-order valence-electron chi connectivity index (χ2n) is 5.93. The lowest BCUT2D eigenvalue weighted by molar-refractivity contribution is 0.240. The van der Waals surface area contributed by atoms with Crippen LogP contribution in [0.25, 0.3) is 0 Å². The van der Waals surface area contributed by atoms with E-state index in [2.05, 4.69) is 33.9 Å². The number of aryl methyl sites for hydroxylation is 1. The highest BCUT2D eigenvalue weighted by atomic mass is 16.5. The van der Waals surface area contributed by atoms with E-state index in [9.17, 15) is 0 Å². The van der Waals surface area contributed by atoms with E-state index in [1.807, 2.05) is 25.4 Å². The van der Waals surface area contributed by atoms with E-state index >= 15 is 0 Å². The molecule has 22 heavy (non-hydrogen) atoms. The van der Waals surface area contributed by atoms with Crippen LogP contribution in [0, 0.1) is 13.8 Å². The van der Waals surface area contributed by atoms with Crippen molar-refractivity contribution in [3.8, 4) is 5.75 Å². The summed E-state index contributed by atoms with van der Waals surface area (Å²) in [5.41, 5.74) is 4.50. The number of nitrogens with zero attached hydrogens (tertiary/aromatic N) is 3. The third-order valence-electron chi connectivity index (χ3n) is 4.50. The van der Waals surface area contributed by atoms with Crippen molar-refractivity contribution >= 4 is 0 Å². The highest BCUT2D eigenvalue weighted by Gasteiger charge is 2.27. The van der Waals surface area contributed by atoms with Crippen molar-refractivity contribution in [3.63, 3.8) is 0 Å². The number of hydrogen-bond donors (Lipinski definition) is 0. The molecule has 116 valence electrons. The lowest BCUT2D eigenvalue weighted by Crippen LogP contribution is -2.24. The molecule has 0 bridgehead atoms. The van der Waals surface area contributed by atoms with Gasteiger partial charge in [-0.2, -0.15) is 0 Å². The zero-order chi connectivity index (χ0) is 15.5. The first-order valence-electron chi connectivity index (χ1n) is 7.84. The number of pyridine rings is 2. The van der Waals surface area contributed by atoms with Crippen LogP contribution in [-0.4, -0.2) is 28.5 Å². The molecule has 1 aliphatic heterocycles. The van der Waals surface area contributed by atoms with E-state index < -0.39 is 0 Å². The summed E-state index contributed by atoms with van der Waals surface area (Å²) >= 11 is 0. The van der Waals surface area contributed by atoms with Gasteiger partial charge in [0.15, 0.2) is 0 Å². The molecule has 3 rings (SSSR count). The Balaban J connectivity index is 1.84. The van der Waals surface area contributed by atoms with Crippen LogP contribution in [0.3, 0.4) is 0 Å². The average molecular weight is 297 g/mol. The van der Waals surface area contributed by atoms with Gasteiger partial charge in [0.05, 0.1) is 24.5 Å². The summed E-state index contributed by atoms with van der Waals surface area (Å²) in [6.45, 7) is 6.08. The second kappa shape index (κ2) is 6.44. The third-order valence-corrected chi connectivity index (χ3v) is 4.50. The molecule has 4 heteroatoms.